The van der Waals surface area contributed by atoms with Crippen molar-refractivity contribution in [2.75, 3.05) is 6.54 Å². The summed E-state index contributed by atoms with van der Waals surface area (Å²) in [6.07, 6.45) is 0. The maximum Gasteiger partial charge on any atom is 0.194 e. The van der Waals surface area contributed by atoms with Crippen molar-refractivity contribution in [2.45, 2.75) is 13.0 Å². The third kappa shape index (κ3) is 2.88. The number of benzene rings is 2. The molecule has 0 bridgehead atoms. The summed E-state index contributed by atoms with van der Waals surface area (Å²) < 4.78 is 41.2. The Morgan fingerprint density at radius 3 is 2.35 bits per heavy atom. The van der Waals surface area contributed by atoms with Crippen molar-refractivity contribution in [3.63, 3.8) is 0 Å². The normalized spacial score (nSPS) is 12.4. The molecule has 2 aromatic rings. The summed E-state index contributed by atoms with van der Waals surface area (Å²) in [4.78, 5) is 0. The standard InChI is InChI=1S/C15H13BrF3N/c1-2-20-15(9-5-3-4-6-11(9)16)10-7-8-12(17)14(19)13(10)18/h3-8,15,20H,2H2,1H3. The van der Waals surface area contributed by atoms with Gasteiger partial charge in [0.15, 0.2) is 17.5 Å². The average Bonchev–Trinajstić information content (AvgIpc) is 2.44. The van der Waals surface area contributed by atoms with Crippen molar-refractivity contribution in [2.24, 2.45) is 0 Å². The van der Waals surface area contributed by atoms with Crippen LogP contribution in [0.15, 0.2) is 40.9 Å². The van der Waals surface area contributed by atoms with Gasteiger partial charge < -0.3 is 5.32 Å². The van der Waals surface area contributed by atoms with Gasteiger partial charge in [-0.05, 0) is 24.2 Å². The Hall–Kier alpha value is -1.33. The number of nitrogens with one attached hydrogen (secondary N) is 1. The molecule has 20 heavy (non-hydrogen) atoms. The van der Waals surface area contributed by atoms with Gasteiger partial charge in [0.05, 0.1) is 6.04 Å². The van der Waals surface area contributed by atoms with Crippen LogP contribution < -0.4 is 5.32 Å². The molecule has 0 saturated carbocycles. The van der Waals surface area contributed by atoms with Gasteiger partial charge in [-0.25, -0.2) is 13.2 Å². The third-order valence-corrected chi connectivity index (χ3v) is 3.72. The minimum Gasteiger partial charge on any atom is -0.306 e. The zero-order valence-corrected chi connectivity index (χ0v) is 12.3. The van der Waals surface area contributed by atoms with E-state index in [2.05, 4.69) is 21.2 Å². The smallest absolute Gasteiger partial charge is 0.194 e. The Morgan fingerprint density at radius 2 is 1.70 bits per heavy atom. The van der Waals surface area contributed by atoms with Gasteiger partial charge in [0.1, 0.15) is 0 Å². The van der Waals surface area contributed by atoms with Gasteiger partial charge in [-0.15, -0.1) is 0 Å². The summed E-state index contributed by atoms with van der Waals surface area (Å²) in [5.41, 5.74) is 0.844. The zero-order chi connectivity index (χ0) is 14.7. The quantitative estimate of drug-likeness (QED) is 0.802. The van der Waals surface area contributed by atoms with E-state index in [1.807, 2.05) is 25.1 Å². The van der Waals surface area contributed by atoms with E-state index in [0.717, 1.165) is 16.1 Å². The van der Waals surface area contributed by atoms with Crippen LogP contribution in [0.25, 0.3) is 0 Å². The molecule has 1 atom stereocenters. The highest BCUT2D eigenvalue weighted by atomic mass is 79.9. The van der Waals surface area contributed by atoms with Crippen LogP contribution in [0.4, 0.5) is 13.2 Å². The maximum absolute atomic E-state index is 14.0. The van der Waals surface area contributed by atoms with Crippen molar-refractivity contribution in [3.05, 3.63) is 69.4 Å². The second kappa shape index (κ2) is 6.41. The molecular weight excluding hydrogens is 331 g/mol. The van der Waals surface area contributed by atoms with Crippen molar-refractivity contribution in [1.29, 1.82) is 0 Å². The summed E-state index contributed by atoms with van der Waals surface area (Å²) in [6, 6.07) is 8.91. The lowest BCUT2D eigenvalue weighted by Gasteiger charge is -2.21. The molecule has 0 saturated heterocycles. The molecule has 0 aliphatic rings. The summed E-state index contributed by atoms with van der Waals surface area (Å²) in [5, 5.41) is 3.08. The van der Waals surface area contributed by atoms with E-state index in [1.54, 1.807) is 6.07 Å². The second-order valence-corrected chi connectivity index (χ2v) is 5.13. The molecule has 0 radical (unpaired) electrons. The summed E-state index contributed by atoms with van der Waals surface area (Å²) >= 11 is 3.39. The fraction of sp³-hybridized carbons (Fsp3) is 0.200. The van der Waals surface area contributed by atoms with Crippen LogP contribution in [0.5, 0.6) is 0 Å². The van der Waals surface area contributed by atoms with Crippen LogP contribution in [-0.2, 0) is 0 Å². The number of hydrogen-bond donors (Lipinski definition) is 1. The monoisotopic (exact) mass is 343 g/mol. The summed E-state index contributed by atoms with van der Waals surface area (Å²) in [6.45, 7) is 2.42. The zero-order valence-electron chi connectivity index (χ0n) is 10.8. The molecule has 0 fully saturated rings. The first-order valence-electron chi connectivity index (χ1n) is 6.17. The van der Waals surface area contributed by atoms with Crippen LogP contribution in [0.1, 0.15) is 24.1 Å². The summed E-state index contributed by atoms with van der Waals surface area (Å²) in [7, 11) is 0. The minimum atomic E-state index is -1.45. The molecule has 0 amide bonds. The molecule has 2 aromatic carbocycles. The van der Waals surface area contributed by atoms with Crippen LogP contribution in [0.2, 0.25) is 0 Å². The highest BCUT2D eigenvalue weighted by Crippen LogP contribution is 2.31. The molecular formula is C15H13BrF3N. The Bertz CT molecular complexity index is 616. The Labute approximate surface area is 123 Å². The van der Waals surface area contributed by atoms with Crippen LogP contribution in [0.3, 0.4) is 0 Å². The van der Waals surface area contributed by atoms with Crippen molar-refractivity contribution < 1.29 is 13.2 Å². The molecule has 0 aromatic heterocycles. The van der Waals surface area contributed by atoms with Gasteiger partial charge >= 0.3 is 0 Å². The van der Waals surface area contributed by atoms with Crippen LogP contribution in [-0.4, -0.2) is 6.54 Å². The maximum atomic E-state index is 14.0. The van der Waals surface area contributed by atoms with Crippen LogP contribution >= 0.6 is 15.9 Å². The topological polar surface area (TPSA) is 12.0 Å². The van der Waals surface area contributed by atoms with Crippen molar-refractivity contribution in [1.82, 2.24) is 5.32 Å². The lowest BCUT2D eigenvalue weighted by Crippen LogP contribution is -2.24. The number of hydrogen-bond acceptors (Lipinski definition) is 1. The lowest BCUT2D eigenvalue weighted by atomic mass is 9.98. The van der Waals surface area contributed by atoms with E-state index in [4.69, 9.17) is 0 Å². The Kier molecular flexibility index (Phi) is 4.83. The van der Waals surface area contributed by atoms with Gasteiger partial charge in [0.2, 0.25) is 0 Å². The van der Waals surface area contributed by atoms with E-state index < -0.39 is 23.5 Å². The molecule has 0 aliphatic heterocycles. The van der Waals surface area contributed by atoms with Gasteiger partial charge in [0.25, 0.3) is 0 Å². The van der Waals surface area contributed by atoms with Crippen LogP contribution in [0, 0.1) is 17.5 Å². The molecule has 1 N–H and O–H groups in total. The first-order chi connectivity index (χ1) is 9.56. The summed E-state index contributed by atoms with van der Waals surface area (Å²) in [5.74, 6) is -3.79. The minimum absolute atomic E-state index is 0.0812. The first kappa shape index (κ1) is 15.1. The molecule has 106 valence electrons. The van der Waals surface area contributed by atoms with E-state index in [0.29, 0.717) is 6.54 Å². The number of rotatable bonds is 4. The van der Waals surface area contributed by atoms with E-state index in [1.165, 1.54) is 6.07 Å². The van der Waals surface area contributed by atoms with Gasteiger partial charge in [-0.2, -0.15) is 0 Å². The lowest BCUT2D eigenvalue weighted by molar-refractivity contribution is 0.433. The predicted octanol–water partition coefficient (Wildman–Crippen LogP) is 4.57. The van der Waals surface area contributed by atoms with E-state index in [9.17, 15) is 13.2 Å². The second-order valence-electron chi connectivity index (χ2n) is 4.28. The van der Waals surface area contributed by atoms with Gasteiger partial charge in [0, 0.05) is 10.0 Å². The molecule has 2 rings (SSSR count). The van der Waals surface area contributed by atoms with E-state index in [-0.39, 0.29) is 5.56 Å². The van der Waals surface area contributed by atoms with E-state index >= 15 is 0 Å². The SMILES string of the molecule is CCNC(c1ccccc1Br)c1ccc(F)c(F)c1F. The molecule has 1 nitrogen and oxygen atoms in total. The Balaban J connectivity index is 2.55. The first-order valence-corrected chi connectivity index (χ1v) is 6.96. The molecule has 0 spiro atoms. The molecule has 0 aliphatic carbocycles. The highest BCUT2D eigenvalue weighted by molar-refractivity contribution is 9.10. The Morgan fingerprint density at radius 1 is 1.00 bits per heavy atom. The molecule has 0 heterocycles. The fourth-order valence-corrected chi connectivity index (χ4v) is 2.58. The number of halogens is 4. The van der Waals surface area contributed by atoms with Crippen molar-refractivity contribution >= 4 is 15.9 Å². The molecule has 1 unspecified atom stereocenters. The fourth-order valence-electron chi connectivity index (χ4n) is 2.06. The van der Waals surface area contributed by atoms with Gasteiger partial charge in [-0.1, -0.05) is 47.1 Å². The predicted molar refractivity (Wildman–Crippen MR) is 76.0 cm³/mol. The largest absolute Gasteiger partial charge is 0.306 e. The van der Waals surface area contributed by atoms with Crippen molar-refractivity contribution in [3.8, 4) is 0 Å². The average molecular weight is 344 g/mol. The third-order valence-electron chi connectivity index (χ3n) is 3.00. The highest BCUT2D eigenvalue weighted by Gasteiger charge is 2.22. The van der Waals surface area contributed by atoms with Gasteiger partial charge in [-0.3, -0.25) is 0 Å². The molecule has 5 heteroatoms.